The number of carbonyl (C=O) groups excluding carboxylic acids is 1. The lowest BCUT2D eigenvalue weighted by Gasteiger charge is -2.30. The van der Waals surface area contributed by atoms with Crippen LogP contribution in [0.4, 0.5) is 13.2 Å². The van der Waals surface area contributed by atoms with E-state index in [1.165, 1.54) is 47.4 Å². The van der Waals surface area contributed by atoms with E-state index in [1.54, 1.807) is 6.07 Å². The number of benzene rings is 2. The van der Waals surface area contributed by atoms with E-state index in [1.807, 2.05) is 0 Å². The molecule has 0 aliphatic carbocycles. The van der Waals surface area contributed by atoms with Gasteiger partial charge in [0.05, 0.1) is 16.8 Å². The zero-order valence-corrected chi connectivity index (χ0v) is 23.8. The summed E-state index contributed by atoms with van der Waals surface area (Å²) in [5.41, 5.74) is -0.420. The van der Waals surface area contributed by atoms with Crippen molar-refractivity contribution in [3.63, 3.8) is 0 Å². The molecule has 0 radical (unpaired) electrons. The highest BCUT2D eigenvalue weighted by molar-refractivity contribution is 6.03. The summed E-state index contributed by atoms with van der Waals surface area (Å²) >= 11 is 0. The molecular formula is C33H26F3N5O4. The van der Waals surface area contributed by atoms with Gasteiger partial charge in [0, 0.05) is 53.5 Å². The molecule has 228 valence electrons. The highest BCUT2D eigenvalue weighted by Crippen LogP contribution is 2.41. The van der Waals surface area contributed by atoms with E-state index in [4.69, 9.17) is 11.2 Å². The van der Waals surface area contributed by atoms with Gasteiger partial charge in [0.25, 0.3) is 5.91 Å². The van der Waals surface area contributed by atoms with Crippen LogP contribution in [-0.2, 0) is 0 Å². The highest BCUT2D eigenvalue weighted by Gasteiger charge is 2.49. The van der Waals surface area contributed by atoms with Crippen molar-refractivity contribution in [2.24, 2.45) is 0 Å². The first kappa shape index (κ1) is 28.8. The van der Waals surface area contributed by atoms with Gasteiger partial charge < -0.3 is 14.9 Å². The minimum atomic E-state index is -0.980. The largest absolute Gasteiger partial charge is 0.508 e. The number of phenolic OH excluding ortho intramolecular Hbond substituents is 1. The van der Waals surface area contributed by atoms with Crippen LogP contribution in [0.25, 0.3) is 44.2 Å². The Labute approximate surface area is 254 Å². The molecule has 0 saturated carbocycles. The number of hydrogen-bond donors (Lipinski definition) is 2. The number of ether oxygens (including phenoxy) is 1. The molecule has 12 heteroatoms. The summed E-state index contributed by atoms with van der Waals surface area (Å²) in [5.74, 6) is -0.0790. The number of alkyl halides is 1. The summed E-state index contributed by atoms with van der Waals surface area (Å²) in [6.07, 6.45) is 10.8. The van der Waals surface area contributed by atoms with Crippen LogP contribution < -0.4 is 4.74 Å². The standard InChI is InChI=1S/C33H26F3N5O4/c1-2-22-25(35)5-4-18-10-21(43)11-23(27(18)22)30-28(36)31-24(13-37-30)29(19-6-9-40(14-19)26(44)16-42)38-32(39-31)45-17-33-7-3-8-41(33)15-20(34)12-33/h1,4-6,9-11,13-14,20,42-43H,3,7-8,12,15-17H2/t20-,33+/m1/s1. The van der Waals surface area contributed by atoms with E-state index >= 15 is 4.39 Å². The van der Waals surface area contributed by atoms with Crippen LogP contribution in [0.5, 0.6) is 11.8 Å². The second-order valence-corrected chi connectivity index (χ2v) is 11.4. The van der Waals surface area contributed by atoms with Crippen molar-refractivity contribution in [3.8, 4) is 46.6 Å². The molecule has 3 aromatic heterocycles. The molecule has 45 heavy (non-hydrogen) atoms. The first-order chi connectivity index (χ1) is 21.7. The minimum absolute atomic E-state index is 0.0552. The summed E-state index contributed by atoms with van der Waals surface area (Å²) in [4.78, 5) is 27.5. The number of halogens is 3. The normalized spacial score (nSPS) is 19.7. The lowest BCUT2D eigenvalue weighted by molar-refractivity contribution is 0.0819. The molecule has 2 aromatic carbocycles. The summed E-state index contributed by atoms with van der Waals surface area (Å²) < 4.78 is 53.0. The van der Waals surface area contributed by atoms with Crippen LogP contribution in [0.3, 0.4) is 0 Å². The third kappa shape index (κ3) is 4.75. The summed E-state index contributed by atoms with van der Waals surface area (Å²) in [6.45, 7) is 0.436. The predicted octanol–water partition coefficient (Wildman–Crippen LogP) is 4.87. The maximum absolute atomic E-state index is 16.6. The van der Waals surface area contributed by atoms with Crippen LogP contribution in [0, 0.1) is 24.0 Å². The van der Waals surface area contributed by atoms with Gasteiger partial charge in [-0.15, -0.1) is 6.42 Å². The molecule has 2 atom stereocenters. The van der Waals surface area contributed by atoms with Crippen molar-refractivity contribution in [3.05, 3.63) is 66.1 Å². The Hall–Kier alpha value is -4.99. The predicted molar refractivity (Wildman–Crippen MR) is 159 cm³/mol. The lowest BCUT2D eigenvalue weighted by atomic mass is 9.95. The van der Waals surface area contributed by atoms with Crippen molar-refractivity contribution in [1.82, 2.24) is 24.4 Å². The Bertz CT molecular complexity index is 2060. The number of hydrogen-bond acceptors (Lipinski definition) is 8. The second-order valence-electron chi connectivity index (χ2n) is 11.4. The molecule has 0 bridgehead atoms. The van der Waals surface area contributed by atoms with E-state index in [2.05, 4.69) is 25.8 Å². The number of aromatic nitrogens is 4. The Morgan fingerprint density at radius 3 is 2.84 bits per heavy atom. The van der Waals surface area contributed by atoms with Gasteiger partial charge in [0.15, 0.2) is 5.82 Å². The summed E-state index contributed by atoms with van der Waals surface area (Å²) in [5, 5.41) is 20.5. The number of aromatic hydroxyl groups is 1. The van der Waals surface area contributed by atoms with Gasteiger partial charge in [-0.2, -0.15) is 9.97 Å². The molecule has 2 fully saturated rings. The number of fused-ring (bicyclic) bond motifs is 3. The van der Waals surface area contributed by atoms with Crippen molar-refractivity contribution in [2.45, 2.75) is 31.0 Å². The van der Waals surface area contributed by atoms with E-state index in [0.717, 1.165) is 19.4 Å². The zero-order valence-electron chi connectivity index (χ0n) is 23.8. The number of nitrogens with zero attached hydrogens (tertiary/aromatic N) is 5. The minimum Gasteiger partial charge on any atom is -0.508 e. The Balaban J connectivity index is 1.41. The monoisotopic (exact) mass is 613 g/mol. The average Bonchev–Trinajstić information content (AvgIpc) is 3.74. The number of terminal acetylenes is 1. The number of phenols is 1. The molecule has 9 nitrogen and oxygen atoms in total. The number of rotatable bonds is 6. The fourth-order valence-electron chi connectivity index (χ4n) is 6.68. The van der Waals surface area contributed by atoms with Gasteiger partial charge in [0.1, 0.15) is 42.2 Å². The molecule has 2 aliphatic heterocycles. The number of carbonyl (C=O) groups is 1. The van der Waals surface area contributed by atoms with Crippen LogP contribution in [0.15, 0.2) is 48.9 Å². The molecule has 2 N–H and O–H groups in total. The second kappa shape index (κ2) is 10.9. The van der Waals surface area contributed by atoms with Gasteiger partial charge in [-0.05, 0) is 49.0 Å². The maximum Gasteiger partial charge on any atom is 0.317 e. The topological polar surface area (TPSA) is 114 Å². The molecule has 0 amide bonds. The van der Waals surface area contributed by atoms with Crippen molar-refractivity contribution in [2.75, 3.05) is 26.3 Å². The van der Waals surface area contributed by atoms with Gasteiger partial charge in [0.2, 0.25) is 0 Å². The van der Waals surface area contributed by atoms with Crippen molar-refractivity contribution in [1.29, 1.82) is 0 Å². The van der Waals surface area contributed by atoms with Gasteiger partial charge in [-0.3, -0.25) is 19.2 Å². The van der Waals surface area contributed by atoms with E-state index in [0.29, 0.717) is 23.9 Å². The fraction of sp³-hybridized carbons (Fsp3) is 0.273. The zero-order chi connectivity index (χ0) is 31.5. The van der Waals surface area contributed by atoms with Crippen molar-refractivity contribution < 1.29 is 32.9 Å². The third-order valence-electron chi connectivity index (χ3n) is 8.74. The molecule has 5 aromatic rings. The molecule has 0 unspecified atom stereocenters. The summed E-state index contributed by atoms with van der Waals surface area (Å²) in [7, 11) is 0. The highest BCUT2D eigenvalue weighted by atomic mass is 19.1. The van der Waals surface area contributed by atoms with Crippen LogP contribution in [-0.4, -0.2) is 78.6 Å². The molecule has 2 saturated heterocycles. The molecular weight excluding hydrogens is 587 g/mol. The number of aliphatic hydroxyl groups is 1. The van der Waals surface area contributed by atoms with E-state index in [-0.39, 0.29) is 57.2 Å². The fourth-order valence-corrected chi connectivity index (χ4v) is 6.68. The van der Waals surface area contributed by atoms with E-state index < -0.39 is 35.9 Å². The van der Waals surface area contributed by atoms with Crippen LogP contribution in [0.1, 0.15) is 29.6 Å². The molecule has 5 heterocycles. The third-order valence-corrected chi connectivity index (χ3v) is 8.74. The Kier molecular flexibility index (Phi) is 6.95. The first-order valence-corrected chi connectivity index (χ1v) is 14.3. The maximum atomic E-state index is 16.6. The van der Waals surface area contributed by atoms with Gasteiger partial charge >= 0.3 is 6.01 Å². The van der Waals surface area contributed by atoms with Crippen molar-refractivity contribution >= 4 is 27.6 Å². The van der Waals surface area contributed by atoms with E-state index in [9.17, 15) is 23.8 Å². The smallest absolute Gasteiger partial charge is 0.317 e. The average molecular weight is 614 g/mol. The van der Waals surface area contributed by atoms with Gasteiger partial charge in [-0.1, -0.05) is 12.0 Å². The van der Waals surface area contributed by atoms with Gasteiger partial charge in [-0.25, -0.2) is 13.2 Å². The number of pyridine rings is 1. The number of aliphatic hydroxyl groups excluding tert-OH is 1. The Morgan fingerprint density at radius 2 is 2.04 bits per heavy atom. The first-order valence-electron chi connectivity index (χ1n) is 14.3. The van der Waals surface area contributed by atoms with Crippen LogP contribution in [0.2, 0.25) is 0 Å². The quantitative estimate of drug-likeness (QED) is 0.261. The summed E-state index contributed by atoms with van der Waals surface area (Å²) in [6, 6.07) is 6.63. The molecule has 0 spiro atoms. The molecule has 7 rings (SSSR count). The lowest BCUT2D eigenvalue weighted by Crippen LogP contribution is -2.43. The SMILES string of the molecule is C#Cc1c(F)ccc2cc(O)cc(-c3ncc4c(-c5ccn(C(=O)CO)c5)nc(OC[C@@]56CCCN5C[C@H](F)C6)nc4c3F)c12. The Morgan fingerprint density at radius 1 is 1.20 bits per heavy atom. The van der Waals surface area contributed by atoms with Crippen LogP contribution >= 0.6 is 0 Å². The molecule has 2 aliphatic rings.